The molecule has 2 aromatic carbocycles. The summed E-state index contributed by atoms with van der Waals surface area (Å²) in [5, 5.41) is 4.90. The maximum absolute atomic E-state index is 14.4. The lowest BCUT2D eigenvalue weighted by molar-refractivity contribution is -0.348. The second-order valence-electron chi connectivity index (χ2n) is 9.74. The van der Waals surface area contributed by atoms with E-state index in [1.807, 2.05) is 0 Å². The molecule has 0 unspecified atom stereocenters. The van der Waals surface area contributed by atoms with Crippen LogP contribution in [0.3, 0.4) is 0 Å². The van der Waals surface area contributed by atoms with Gasteiger partial charge in [-0.3, -0.25) is 9.59 Å². The number of halogens is 7. The lowest BCUT2D eigenvalue weighted by Gasteiger charge is -2.30. The van der Waals surface area contributed by atoms with E-state index in [9.17, 15) is 48.7 Å². The third kappa shape index (κ3) is 7.08. The minimum absolute atomic E-state index is 0.0923. The van der Waals surface area contributed by atoms with Crippen molar-refractivity contribution in [3.05, 3.63) is 64.2 Å². The third-order valence-corrected chi connectivity index (χ3v) is 6.98. The van der Waals surface area contributed by atoms with Crippen LogP contribution in [0.4, 0.5) is 36.4 Å². The molecular formula is C25H27F7N2O4S. The zero-order valence-corrected chi connectivity index (χ0v) is 22.4. The number of amides is 2. The van der Waals surface area contributed by atoms with Crippen LogP contribution < -0.4 is 10.6 Å². The number of nitrogens with one attached hydrogen (secondary N) is 2. The summed E-state index contributed by atoms with van der Waals surface area (Å²) in [6.07, 6.45) is -11.3. The van der Waals surface area contributed by atoms with Gasteiger partial charge in [0.1, 0.15) is 9.84 Å². The zero-order chi connectivity index (χ0) is 30.2. The van der Waals surface area contributed by atoms with Gasteiger partial charge in [0.2, 0.25) is 0 Å². The molecule has 0 saturated carbocycles. The maximum Gasteiger partial charge on any atom is 0.435 e. The molecule has 0 fully saturated rings. The summed E-state index contributed by atoms with van der Waals surface area (Å²) in [4.78, 5) is 26.3. The van der Waals surface area contributed by atoms with Gasteiger partial charge in [-0.25, -0.2) is 12.8 Å². The van der Waals surface area contributed by atoms with E-state index in [0.29, 0.717) is 17.7 Å². The second-order valence-corrected chi connectivity index (χ2v) is 11.9. The van der Waals surface area contributed by atoms with E-state index in [4.69, 9.17) is 0 Å². The van der Waals surface area contributed by atoms with Gasteiger partial charge in [-0.05, 0) is 50.5 Å². The van der Waals surface area contributed by atoms with Gasteiger partial charge in [-0.1, -0.05) is 31.2 Å². The Morgan fingerprint density at radius 1 is 0.897 bits per heavy atom. The molecule has 6 nitrogen and oxygen atoms in total. The normalized spacial score (nSPS) is 13.2. The van der Waals surface area contributed by atoms with Gasteiger partial charge in [-0.15, -0.1) is 0 Å². The zero-order valence-electron chi connectivity index (χ0n) is 21.6. The molecule has 0 bridgehead atoms. The van der Waals surface area contributed by atoms with Crippen LogP contribution in [0.1, 0.15) is 58.2 Å². The maximum atomic E-state index is 14.4. The third-order valence-electron chi connectivity index (χ3n) is 5.73. The highest BCUT2D eigenvalue weighted by atomic mass is 32.2. The SMILES string of the molecule is CCc1cccc(C(=O)Nc2ccc(C(F)(C(F)(F)F)C(F)(F)F)cc2C)c1C(=O)NC(C)(C)CS(C)(=O)=O. The van der Waals surface area contributed by atoms with Crippen LogP contribution in [0.5, 0.6) is 0 Å². The Balaban J connectivity index is 2.48. The number of carbonyl (C=O) groups is 2. The minimum atomic E-state index is -6.30. The van der Waals surface area contributed by atoms with Crippen LogP contribution >= 0.6 is 0 Å². The Kier molecular flexibility index (Phi) is 8.86. The molecule has 39 heavy (non-hydrogen) atoms. The summed E-state index contributed by atoms with van der Waals surface area (Å²) >= 11 is 0. The Hall–Kier alpha value is -3.16. The lowest BCUT2D eigenvalue weighted by Crippen LogP contribution is -2.50. The number of hydrogen-bond acceptors (Lipinski definition) is 4. The number of aryl methyl sites for hydroxylation is 2. The Bertz CT molecular complexity index is 1350. The highest BCUT2D eigenvalue weighted by molar-refractivity contribution is 7.90. The molecule has 2 aromatic rings. The van der Waals surface area contributed by atoms with Crippen LogP contribution in [0.2, 0.25) is 0 Å². The highest BCUT2D eigenvalue weighted by Gasteiger charge is 2.73. The van der Waals surface area contributed by atoms with Gasteiger partial charge in [0.15, 0.2) is 0 Å². The molecule has 0 aliphatic carbocycles. The molecule has 2 amide bonds. The minimum Gasteiger partial charge on any atom is -0.346 e. The molecular weight excluding hydrogens is 557 g/mol. The molecule has 216 valence electrons. The Morgan fingerprint density at radius 2 is 1.46 bits per heavy atom. The van der Waals surface area contributed by atoms with Crippen molar-refractivity contribution in [3.8, 4) is 0 Å². The second kappa shape index (κ2) is 10.8. The molecule has 0 spiro atoms. The number of hydrogen-bond donors (Lipinski definition) is 2. The molecule has 14 heteroatoms. The first-order valence-electron chi connectivity index (χ1n) is 11.4. The number of anilines is 1. The van der Waals surface area contributed by atoms with Crippen molar-refractivity contribution in [2.75, 3.05) is 17.3 Å². The summed E-state index contributed by atoms with van der Waals surface area (Å²) in [5.74, 6) is -2.10. The van der Waals surface area contributed by atoms with E-state index in [1.54, 1.807) is 13.0 Å². The van der Waals surface area contributed by atoms with E-state index in [0.717, 1.165) is 13.2 Å². The van der Waals surface area contributed by atoms with Crippen LogP contribution in [-0.4, -0.2) is 50.1 Å². The standard InChI is InChI=1S/C25H27F7N2O4S/c1-6-15-8-7-9-17(19(15)21(36)34-22(3,4)13-39(5,37)38)20(35)33-18-11-10-16(12-14(18)2)23(26,24(27,28)29)25(30,31)32/h7-12H,6,13H2,1-5H3,(H,33,35)(H,34,36). The largest absolute Gasteiger partial charge is 0.435 e. The first kappa shape index (κ1) is 32.1. The molecule has 2 rings (SSSR count). The van der Waals surface area contributed by atoms with Crippen molar-refractivity contribution >= 4 is 27.3 Å². The number of alkyl halides is 7. The van der Waals surface area contributed by atoms with Crippen molar-refractivity contribution in [1.82, 2.24) is 5.32 Å². The predicted octanol–water partition coefficient (Wildman–Crippen LogP) is 5.65. The monoisotopic (exact) mass is 584 g/mol. The van der Waals surface area contributed by atoms with Crippen LogP contribution in [0.25, 0.3) is 0 Å². The first-order valence-corrected chi connectivity index (χ1v) is 13.5. The molecule has 0 heterocycles. The van der Waals surface area contributed by atoms with Crippen molar-refractivity contribution in [2.24, 2.45) is 0 Å². The molecule has 0 atom stereocenters. The van der Waals surface area contributed by atoms with Gasteiger partial charge in [-0.2, -0.15) is 26.3 Å². The van der Waals surface area contributed by atoms with E-state index in [1.165, 1.54) is 26.0 Å². The van der Waals surface area contributed by atoms with Crippen LogP contribution in [-0.2, 0) is 21.9 Å². The van der Waals surface area contributed by atoms with E-state index >= 15 is 0 Å². The number of benzene rings is 2. The van der Waals surface area contributed by atoms with Gasteiger partial charge in [0.05, 0.1) is 16.9 Å². The Morgan fingerprint density at radius 3 is 1.92 bits per heavy atom. The van der Waals surface area contributed by atoms with E-state index in [2.05, 4.69) is 10.6 Å². The van der Waals surface area contributed by atoms with Crippen molar-refractivity contribution < 1.29 is 48.7 Å². The number of sulfone groups is 1. The number of rotatable bonds is 8. The molecule has 0 saturated heterocycles. The van der Waals surface area contributed by atoms with Gasteiger partial charge < -0.3 is 10.6 Å². The van der Waals surface area contributed by atoms with Gasteiger partial charge in [0, 0.05) is 23.0 Å². The summed E-state index contributed by atoms with van der Waals surface area (Å²) in [6, 6.07) is 5.61. The summed E-state index contributed by atoms with van der Waals surface area (Å²) < 4.78 is 117. The molecule has 0 aliphatic rings. The fourth-order valence-corrected chi connectivity index (χ4v) is 5.49. The molecule has 0 aromatic heterocycles. The fraction of sp³-hybridized carbons (Fsp3) is 0.440. The van der Waals surface area contributed by atoms with E-state index in [-0.39, 0.29) is 34.9 Å². The summed E-state index contributed by atoms with van der Waals surface area (Å²) in [5.41, 5.74) is -8.95. The van der Waals surface area contributed by atoms with Gasteiger partial charge >= 0.3 is 18.0 Å². The van der Waals surface area contributed by atoms with Crippen LogP contribution in [0.15, 0.2) is 36.4 Å². The topological polar surface area (TPSA) is 92.3 Å². The Labute approximate surface area is 220 Å². The quantitative estimate of drug-likeness (QED) is 0.392. The summed E-state index contributed by atoms with van der Waals surface area (Å²) in [6.45, 7) is 5.72. The van der Waals surface area contributed by atoms with Crippen molar-refractivity contribution in [2.45, 2.75) is 57.7 Å². The average molecular weight is 585 g/mol. The lowest BCUT2D eigenvalue weighted by atomic mass is 9.92. The predicted molar refractivity (Wildman–Crippen MR) is 131 cm³/mol. The molecule has 0 aliphatic heterocycles. The first-order chi connectivity index (χ1) is 17.5. The van der Waals surface area contributed by atoms with Crippen molar-refractivity contribution in [1.29, 1.82) is 0 Å². The van der Waals surface area contributed by atoms with Crippen LogP contribution in [0, 0.1) is 6.92 Å². The van der Waals surface area contributed by atoms with Crippen molar-refractivity contribution in [3.63, 3.8) is 0 Å². The fourth-order valence-electron chi connectivity index (χ4n) is 4.11. The number of carbonyl (C=O) groups excluding carboxylic acids is 2. The molecule has 0 radical (unpaired) electrons. The average Bonchev–Trinajstić information content (AvgIpc) is 2.75. The molecule has 2 N–H and O–H groups in total. The smallest absolute Gasteiger partial charge is 0.346 e. The highest BCUT2D eigenvalue weighted by Crippen LogP contribution is 2.53. The summed E-state index contributed by atoms with van der Waals surface area (Å²) in [7, 11) is -3.49. The van der Waals surface area contributed by atoms with E-state index < -0.39 is 56.5 Å². The van der Waals surface area contributed by atoms with Gasteiger partial charge in [0.25, 0.3) is 11.8 Å².